The zero-order valence-corrected chi connectivity index (χ0v) is 13.8. The minimum atomic E-state index is -0.321. The summed E-state index contributed by atoms with van der Waals surface area (Å²) < 4.78 is 18.8. The minimum Gasteiger partial charge on any atom is -0.421 e. The van der Waals surface area contributed by atoms with E-state index in [2.05, 4.69) is 15.5 Å². The number of halogens is 1. The number of hydrogen-bond donors (Lipinski definition) is 1. The van der Waals surface area contributed by atoms with Crippen molar-refractivity contribution in [3.05, 3.63) is 71.9 Å². The lowest BCUT2D eigenvalue weighted by molar-refractivity contribution is -0.121. The molecule has 128 valence electrons. The van der Waals surface area contributed by atoms with Crippen LogP contribution in [0.1, 0.15) is 30.8 Å². The Hall–Kier alpha value is -3.02. The Labute approximate surface area is 144 Å². The third-order valence-electron chi connectivity index (χ3n) is 3.78. The largest absolute Gasteiger partial charge is 0.421 e. The van der Waals surface area contributed by atoms with Crippen molar-refractivity contribution in [2.24, 2.45) is 0 Å². The first kappa shape index (κ1) is 16.8. The van der Waals surface area contributed by atoms with Crippen molar-refractivity contribution in [1.82, 2.24) is 15.5 Å². The van der Waals surface area contributed by atoms with Crippen LogP contribution in [0.4, 0.5) is 4.39 Å². The highest BCUT2D eigenvalue weighted by Crippen LogP contribution is 2.18. The summed E-state index contributed by atoms with van der Waals surface area (Å²) in [5.41, 5.74) is 1.56. The topological polar surface area (TPSA) is 68.0 Å². The molecule has 1 unspecified atom stereocenters. The van der Waals surface area contributed by atoms with E-state index < -0.39 is 0 Å². The highest BCUT2D eigenvalue weighted by molar-refractivity contribution is 5.76. The van der Waals surface area contributed by atoms with Crippen LogP contribution in [0.3, 0.4) is 0 Å². The molecular weight excluding hydrogens is 321 g/mol. The third-order valence-corrected chi connectivity index (χ3v) is 3.78. The van der Waals surface area contributed by atoms with Crippen molar-refractivity contribution in [2.75, 3.05) is 0 Å². The molecule has 25 heavy (non-hydrogen) atoms. The van der Waals surface area contributed by atoms with E-state index in [1.54, 1.807) is 12.1 Å². The Morgan fingerprint density at radius 2 is 1.96 bits per heavy atom. The van der Waals surface area contributed by atoms with Gasteiger partial charge in [0.05, 0.1) is 6.04 Å². The maximum Gasteiger partial charge on any atom is 0.247 e. The van der Waals surface area contributed by atoms with Crippen molar-refractivity contribution >= 4 is 5.91 Å². The van der Waals surface area contributed by atoms with Crippen LogP contribution in [0.15, 0.2) is 59.0 Å². The lowest BCUT2D eigenvalue weighted by Crippen LogP contribution is -2.26. The van der Waals surface area contributed by atoms with Gasteiger partial charge in [-0.3, -0.25) is 4.79 Å². The van der Waals surface area contributed by atoms with Crippen LogP contribution < -0.4 is 5.32 Å². The van der Waals surface area contributed by atoms with Crippen molar-refractivity contribution < 1.29 is 13.6 Å². The predicted octanol–water partition coefficient (Wildman–Crippen LogP) is 3.69. The number of carbonyl (C=O) groups is 1. The molecule has 5 nitrogen and oxygen atoms in total. The SMILES string of the molecule is CC(NC(=O)CCc1nnc(-c2ccccc2)o1)c1cccc(F)c1. The van der Waals surface area contributed by atoms with Crippen LogP contribution >= 0.6 is 0 Å². The normalized spacial score (nSPS) is 11.9. The van der Waals surface area contributed by atoms with Gasteiger partial charge in [-0.05, 0) is 36.8 Å². The minimum absolute atomic E-state index is 0.156. The number of nitrogens with one attached hydrogen (secondary N) is 1. The van der Waals surface area contributed by atoms with E-state index in [1.165, 1.54) is 12.1 Å². The quantitative estimate of drug-likeness (QED) is 0.744. The fourth-order valence-electron chi connectivity index (χ4n) is 2.45. The molecule has 0 saturated carbocycles. The number of aryl methyl sites for hydroxylation is 1. The van der Waals surface area contributed by atoms with Crippen molar-refractivity contribution in [2.45, 2.75) is 25.8 Å². The zero-order chi connectivity index (χ0) is 17.6. The molecule has 1 atom stereocenters. The first-order valence-corrected chi connectivity index (χ1v) is 8.04. The standard InChI is InChI=1S/C19H18FN3O2/c1-13(15-8-5-9-16(20)12-15)21-17(24)10-11-18-22-23-19(25-18)14-6-3-2-4-7-14/h2-9,12-13H,10-11H2,1H3,(H,21,24). The van der Waals surface area contributed by atoms with E-state index >= 15 is 0 Å². The average Bonchev–Trinajstić information content (AvgIpc) is 3.10. The molecule has 0 bridgehead atoms. The average molecular weight is 339 g/mol. The van der Waals surface area contributed by atoms with Crippen molar-refractivity contribution in [1.29, 1.82) is 0 Å². The van der Waals surface area contributed by atoms with Crippen LogP contribution in [0.5, 0.6) is 0 Å². The van der Waals surface area contributed by atoms with Gasteiger partial charge in [-0.25, -0.2) is 4.39 Å². The summed E-state index contributed by atoms with van der Waals surface area (Å²) in [7, 11) is 0. The molecular formula is C19H18FN3O2. The second kappa shape index (κ2) is 7.70. The first-order chi connectivity index (χ1) is 12.1. The summed E-state index contributed by atoms with van der Waals surface area (Å²) in [6.45, 7) is 1.81. The smallest absolute Gasteiger partial charge is 0.247 e. The van der Waals surface area contributed by atoms with Gasteiger partial charge in [0, 0.05) is 18.4 Å². The molecule has 0 radical (unpaired) electrons. The summed E-state index contributed by atoms with van der Waals surface area (Å²) in [4.78, 5) is 12.1. The molecule has 3 rings (SSSR count). The van der Waals surface area contributed by atoms with Gasteiger partial charge in [-0.15, -0.1) is 10.2 Å². The van der Waals surface area contributed by atoms with E-state index in [-0.39, 0.29) is 24.2 Å². The number of hydrogen-bond acceptors (Lipinski definition) is 4. The third kappa shape index (κ3) is 4.50. The van der Waals surface area contributed by atoms with Gasteiger partial charge < -0.3 is 9.73 Å². The van der Waals surface area contributed by atoms with Gasteiger partial charge in [-0.2, -0.15) is 0 Å². The van der Waals surface area contributed by atoms with Gasteiger partial charge in [0.1, 0.15) is 5.82 Å². The van der Waals surface area contributed by atoms with Crippen LogP contribution in [0.2, 0.25) is 0 Å². The lowest BCUT2D eigenvalue weighted by Gasteiger charge is -2.14. The summed E-state index contributed by atoms with van der Waals surface area (Å²) >= 11 is 0. The molecule has 0 aliphatic rings. The summed E-state index contributed by atoms with van der Waals surface area (Å²) in [6, 6.07) is 15.4. The molecule has 0 aliphatic carbocycles. The summed E-state index contributed by atoms with van der Waals surface area (Å²) in [5, 5.41) is 10.8. The Morgan fingerprint density at radius 3 is 2.72 bits per heavy atom. The van der Waals surface area contributed by atoms with E-state index in [0.717, 1.165) is 11.1 Å². The van der Waals surface area contributed by atoms with Crippen LogP contribution in [0.25, 0.3) is 11.5 Å². The highest BCUT2D eigenvalue weighted by atomic mass is 19.1. The van der Waals surface area contributed by atoms with Gasteiger partial charge in [0.25, 0.3) is 0 Å². The lowest BCUT2D eigenvalue weighted by atomic mass is 10.1. The van der Waals surface area contributed by atoms with E-state index in [0.29, 0.717) is 18.2 Å². The molecule has 1 N–H and O–H groups in total. The van der Waals surface area contributed by atoms with E-state index in [1.807, 2.05) is 37.3 Å². The molecule has 1 aromatic heterocycles. The van der Waals surface area contributed by atoms with E-state index in [9.17, 15) is 9.18 Å². The van der Waals surface area contributed by atoms with Gasteiger partial charge >= 0.3 is 0 Å². The summed E-state index contributed by atoms with van der Waals surface area (Å²) in [6.07, 6.45) is 0.567. The molecule has 3 aromatic rings. The Morgan fingerprint density at radius 1 is 1.16 bits per heavy atom. The van der Waals surface area contributed by atoms with Crippen LogP contribution in [-0.4, -0.2) is 16.1 Å². The maximum absolute atomic E-state index is 13.2. The molecule has 6 heteroatoms. The highest BCUT2D eigenvalue weighted by Gasteiger charge is 2.13. The molecule has 1 heterocycles. The van der Waals surface area contributed by atoms with Crippen molar-refractivity contribution in [3.63, 3.8) is 0 Å². The van der Waals surface area contributed by atoms with E-state index in [4.69, 9.17) is 4.42 Å². The number of nitrogens with zero attached hydrogens (tertiary/aromatic N) is 2. The second-order valence-corrected chi connectivity index (χ2v) is 5.71. The molecule has 0 fully saturated rings. The van der Waals surface area contributed by atoms with Gasteiger partial charge in [0.2, 0.25) is 17.7 Å². The zero-order valence-electron chi connectivity index (χ0n) is 13.8. The molecule has 0 aliphatic heterocycles. The fraction of sp³-hybridized carbons (Fsp3) is 0.211. The number of amides is 1. The Balaban J connectivity index is 1.53. The Bertz CT molecular complexity index is 849. The van der Waals surface area contributed by atoms with Crippen molar-refractivity contribution in [3.8, 4) is 11.5 Å². The number of rotatable bonds is 6. The second-order valence-electron chi connectivity index (χ2n) is 5.71. The van der Waals surface area contributed by atoms with Crippen LogP contribution in [0, 0.1) is 5.82 Å². The molecule has 0 spiro atoms. The monoisotopic (exact) mass is 339 g/mol. The first-order valence-electron chi connectivity index (χ1n) is 8.04. The maximum atomic E-state index is 13.2. The number of aromatic nitrogens is 2. The molecule has 1 amide bonds. The van der Waals surface area contributed by atoms with Crippen LogP contribution in [-0.2, 0) is 11.2 Å². The predicted molar refractivity (Wildman–Crippen MR) is 91.0 cm³/mol. The molecule has 2 aromatic carbocycles. The molecule has 0 saturated heterocycles. The van der Waals surface area contributed by atoms with Gasteiger partial charge in [0.15, 0.2) is 0 Å². The fourth-order valence-corrected chi connectivity index (χ4v) is 2.45. The Kier molecular flexibility index (Phi) is 5.18. The van der Waals surface area contributed by atoms with Gasteiger partial charge in [-0.1, -0.05) is 30.3 Å². The number of carbonyl (C=O) groups excluding carboxylic acids is 1. The summed E-state index contributed by atoms with van der Waals surface area (Å²) in [5.74, 6) is 0.366. The number of benzene rings is 2.